The lowest BCUT2D eigenvalue weighted by Crippen LogP contribution is -2.17. The zero-order valence-electron chi connectivity index (χ0n) is 11.5. The third kappa shape index (κ3) is 3.46. The molecule has 0 fully saturated rings. The van der Waals surface area contributed by atoms with Crippen molar-refractivity contribution in [2.45, 2.75) is 0 Å². The van der Waals surface area contributed by atoms with Crippen LogP contribution in [0.5, 0.6) is 17.2 Å². The summed E-state index contributed by atoms with van der Waals surface area (Å²) in [5, 5.41) is 0.906. The van der Waals surface area contributed by atoms with Gasteiger partial charge in [-0.1, -0.05) is 23.2 Å². The van der Waals surface area contributed by atoms with Gasteiger partial charge >= 0.3 is 0 Å². The Bertz CT molecular complexity index is 695. The average Bonchev–Trinajstić information content (AvgIpc) is 2.51. The molecule has 0 N–H and O–H groups in total. The van der Waals surface area contributed by atoms with Gasteiger partial charge in [-0.2, -0.15) is 0 Å². The second-order valence-corrected chi connectivity index (χ2v) is 5.55. The molecule has 0 aliphatic carbocycles. The molecular weight excluding hydrogens is 327 g/mol. The molecule has 6 heteroatoms. The molecule has 0 amide bonds. The van der Waals surface area contributed by atoms with Crippen molar-refractivity contribution in [3.8, 4) is 17.2 Å². The third-order valence-corrected chi connectivity index (χ3v) is 3.51. The van der Waals surface area contributed by atoms with E-state index in [1.54, 1.807) is 36.4 Å². The minimum atomic E-state index is -0.173. The van der Waals surface area contributed by atoms with Crippen LogP contribution < -0.4 is 14.2 Å². The molecule has 0 bridgehead atoms. The van der Waals surface area contributed by atoms with Gasteiger partial charge in [0.05, 0.1) is 0 Å². The fraction of sp³-hybridized carbons (Fsp3) is 0.188. The van der Waals surface area contributed by atoms with Gasteiger partial charge in [0, 0.05) is 15.6 Å². The molecular formula is C16H12Cl2O4. The highest BCUT2D eigenvalue weighted by atomic mass is 35.5. The summed E-state index contributed by atoms with van der Waals surface area (Å²) in [6.45, 7) is 0.872. The first-order chi connectivity index (χ1) is 10.6. The quantitative estimate of drug-likeness (QED) is 0.789. The maximum Gasteiger partial charge on any atom is 0.200 e. The number of rotatable bonds is 4. The lowest BCUT2D eigenvalue weighted by Gasteiger charge is -2.18. The predicted octanol–water partition coefficient (Wildman–Crippen LogP) is 4.03. The minimum Gasteiger partial charge on any atom is -0.486 e. The number of ether oxygens (including phenoxy) is 3. The molecule has 1 aliphatic heterocycles. The third-order valence-electron chi connectivity index (χ3n) is 3.07. The monoisotopic (exact) mass is 338 g/mol. The molecule has 0 aromatic heterocycles. The van der Waals surface area contributed by atoms with E-state index < -0.39 is 0 Å². The summed E-state index contributed by atoms with van der Waals surface area (Å²) in [7, 11) is 0. The molecule has 0 radical (unpaired) electrons. The molecule has 3 rings (SSSR count). The van der Waals surface area contributed by atoms with Crippen LogP contribution in [0.2, 0.25) is 10.0 Å². The summed E-state index contributed by atoms with van der Waals surface area (Å²) in [6.07, 6.45) is 0. The molecule has 22 heavy (non-hydrogen) atoms. The highest BCUT2D eigenvalue weighted by Crippen LogP contribution is 2.31. The van der Waals surface area contributed by atoms with Crippen LogP contribution >= 0.6 is 23.2 Å². The predicted molar refractivity (Wildman–Crippen MR) is 83.7 cm³/mol. The molecule has 0 spiro atoms. The first kappa shape index (κ1) is 15.0. The molecule has 0 saturated carbocycles. The van der Waals surface area contributed by atoms with Crippen molar-refractivity contribution < 1.29 is 19.0 Å². The molecule has 4 nitrogen and oxygen atoms in total. The molecule has 0 atom stereocenters. The molecule has 2 aromatic carbocycles. The van der Waals surface area contributed by atoms with Crippen LogP contribution in [-0.2, 0) is 0 Å². The summed E-state index contributed by atoms with van der Waals surface area (Å²) in [5.41, 5.74) is 0.498. The van der Waals surface area contributed by atoms with E-state index in [1.807, 2.05) is 0 Å². The summed E-state index contributed by atoms with van der Waals surface area (Å²) >= 11 is 11.8. The van der Waals surface area contributed by atoms with Crippen molar-refractivity contribution >= 4 is 29.0 Å². The highest BCUT2D eigenvalue weighted by molar-refractivity contribution is 6.34. The number of fused-ring (bicyclic) bond motifs is 1. The Labute approximate surface area is 137 Å². The van der Waals surface area contributed by atoms with Crippen LogP contribution in [0, 0.1) is 0 Å². The van der Waals surface area contributed by atoms with E-state index in [1.165, 1.54) is 0 Å². The van der Waals surface area contributed by atoms with Gasteiger partial charge in [0.25, 0.3) is 0 Å². The Kier molecular flexibility index (Phi) is 4.41. The van der Waals surface area contributed by atoms with E-state index >= 15 is 0 Å². The summed E-state index contributed by atoms with van der Waals surface area (Å²) in [5.74, 6) is 1.49. The van der Waals surface area contributed by atoms with Gasteiger partial charge in [-0.15, -0.1) is 0 Å². The van der Waals surface area contributed by atoms with Gasteiger partial charge in [0.2, 0.25) is 0 Å². The minimum absolute atomic E-state index is 0.115. The summed E-state index contributed by atoms with van der Waals surface area (Å²) in [4.78, 5) is 12.2. The van der Waals surface area contributed by atoms with E-state index in [0.717, 1.165) is 0 Å². The van der Waals surface area contributed by atoms with Crippen LogP contribution in [0.25, 0.3) is 0 Å². The van der Waals surface area contributed by atoms with Crippen molar-refractivity contribution in [1.82, 2.24) is 0 Å². The average molecular weight is 339 g/mol. The second kappa shape index (κ2) is 6.46. The number of benzene rings is 2. The molecule has 1 heterocycles. The maximum atomic E-state index is 12.2. The van der Waals surface area contributed by atoms with Crippen LogP contribution in [0.4, 0.5) is 0 Å². The fourth-order valence-electron chi connectivity index (χ4n) is 2.06. The van der Waals surface area contributed by atoms with E-state index in [2.05, 4.69) is 0 Å². The van der Waals surface area contributed by atoms with E-state index in [0.29, 0.717) is 46.1 Å². The zero-order valence-corrected chi connectivity index (χ0v) is 13.0. The fourth-order valence-corrected chi connectivity index (χ4v) is 2.57. The molecule has 0 saturated heterocycles. The summed E-state index contributed by atoms with van der Waals surface area (Å²) in [6, 6.07) is 9.86. The van der Waals surface area contributed by atoms with Gasteiger partial charge in [-0.3, -0.25) is 4.79 Å². The normalized spacial score (nSPS) is 12.8. The Hall–Kier alpha value is -1.91. The van der Waals surface area contributed by atoms with Crippen LogP contribution in [0.15, 0.2) is 36.4 Å². The Morgan fingerprint density at radius 2 is 1.68 bits per heavy atom. The molecule has 2 aromatic rings. The van der Waals surface area contributed by atoms with Crippen molar-refractivity contribution in [3.05, 3.63) is 52.0 Å². The summed E-state index contributed by atoms with van der Waals surface area (Å²) < 4.78 is 16.3. The van der Waals surface area contributed by atoms with E-state index in [9.17, 15) is 4.79 Å². The first-order valence-corrected chi connectivity index (χ1v) is 7.39. The lowest BCUT2D eigenvalue weighted by atomic mass is 10.1. The van der Waals surface area contributed by atoms with Gasteiger partial charge in [0.15, 0.2) is 23.9 Å². The molecule has 1 aliphatic rings. The van der Waals surface area contributed by atoms with Crippen LogP contribution in [0.1, 0.15) is 10.4 Å². The van der Waals surface area contributed by atoms with E-state index in [-0.39, 0.29) is 12.4 Å². The topological polar surface area (TPSA) is 44.8 Å². The Balaban J connectivity index is 1.69. The number of Topliss-reactive ketones (excluding diaryl/α,β-unsaturated/α-hetero) is 1. The largest absolute Gasteiger partial charge is 0.486 e. The maximum absolute atomic E-state index is 12.2. The number of carbonyl (C=O) groups is 1. The van der Waals surface area contributed by atoms with Crippen LogP contribution in [0.3, 0.4) is 0 Å². The smallest absolute Gasteiger partial charge is 0.200 e. The lowest BCUT2D eigenvalue weighted by molar-refractivity contribution is 0.0920. The first-order valence-electron chi connectivity index (χ1n) is 6.63. The van der Waals surface area contributed by atoms with Crippen molar-refractivity contribution in [2.75, 3.05) is 19.8 Å². The van der Waals surface area contributed by atoms with E-state index in [4.69, 9.17) is 37.4 Å². The Morgan fingerprint density at radius 3 is 2.41 bits per heavy atom. The number of halogens is 2. The van der Waals surface area contributed by atoms with Gasteiger partial charge in [0.1, 0.15) is 19.0 Å². The second-order valence-electron chi connectivity index (χ2n) is 4.68. The molecule has 114 valence electrons. The SMILES string of the molecule is O=C(COc1cc(Cl)cc(Cl)c1)c1ccc2c(c1)OCCO2. The highest BCUT2D eigenvalue weighted by Gasteiger charge is 2.15. The number of hydrogen-bond donors (Lipinski definition) is 0. The van der Waals surface area contributed by atoms with Crippen molar-refractivity contribution in [3.63, 3.8) is 0 Å². The van der Waals surface area contributed by atoms with Gasteiger partial charge < -0.3 is 14.2 Å². The Morgan fingerprint density at radius 1 is 1.00 bits per heavy atom. The van der Waals surface area contributed by atoms with Crippen molar-refractivity contribution in [1.29, 1.82) is 0 Å². The molecule has 0 unspecified atom stereocenters. The van der Waals surface area contributed by atoms with Crippen molar-refractivity contribution in [2.24, 2.45) is 0 Å². The number of hydrogen-bond acceptors (Lipinski definition) is 4. The van der Waals surface area contributed by atoms with Gasteiger partial charge in [-0.25, -0.2) is 0 Å². The van der Waals surface area contributed by atoms with Crippen LogP contribution in [-0.4, -0.2) is 25.6 Å². The van der Waals surface area contributed by atoms with Gasteiger partial charge in [-0.05, 0) is 36.4 Å². The standard InChI is InChI=1S/C16H12Cl2O4/c17-11-6-12(18)8-13(7-11)22-9-14(19)10-1-2-15-16(5-10)21-4-3-20-15/h1-2,5-8H,3-4,9H2. The zero-order chi connectivity index (χ0) is 15.5. The number of carbonyl (C=O) groups excluding carboxylic acids is 1. The number of ketones is 1.